The average Bonchev–Trinajstić information content (AvgIpc) is 3.16. The van der Waals surface area contributed by atoms with E-state index in [9.17, 15) is 9.59 Å². The van der Waals surface area contributed by atoms with E-state index >= 15 is 0 Å². The molecular weight excluding hydrogens is 356 g/mol. The van der Waals surface area contributed by atoms with Gasteiger partial charge in [0.2, 0.25) is 5.91 Å². The van der Waals surface area contributed by atoms with Crippen molar-refractivity contribution in [2.45, 2.75) is 26.7 Å². The zero-order valence-electron chi connectivity index (χ0n) is 15.9. The van der Waals surface area contributed by atoms with Crippen molar-refractivity contribution in [2.75, 3.05) is 11.9 Å². The molecule has 0 unspecified atom stereocenters. The first kappa shape index (κ1) is 19.4. The Bertz CT molecular complexity index is 961. The molecule has 6 heteroatoms. The molecule has 1 N–H and O–H groups in total. The van der Waals surface area contributed by atoms with Crippen LogP contribution < -0.4 is 5.32 Å². The van der Waals surface area contributed by atoms with Crippen LogP contribution in [0.3, 0.4) is 0 Å². The first-order valence-corrected chi connectivity index (χ1v) is 9.14. The SMILES string of the molecule is CCOC(=O)c1cccc(NC(=O)CCc2ncc(-c3ccc(C)cc3)o2)c1. The third-order valence-corrected chi connectivity index (χ3v) is 4.11. The Kier molecular flexibility index (Phi) is 6.22. The Morgan fingerprint density at radius 2 is 1.93 bits per heavy atom. The highest BCUT2D eigenvalue weighted by atomic mass is 16.5. The number of rotatable bonds is 7. The maximum atomic E-state index is 12.2. The van der Waals surface area contributed by atoms with E-state index in [0.717, 1.165) is 5.56 Å². The fourth-order valence-electron chi connectivity index (χ4n) is 2.66. The molecule has 6 nitrogen and oxygen atoms in total. The number of hydrogen-bond acceptors (Lipinski definition) is 5. The number of amides is 1. The maximum absolute atomic E-state index is 12.2. The topological polar surface area (TPSA) is 81.4 Å². The summed E-state index contributed by atoms with van der Waals surface area (Å²) in [7, 11) is 0. The number of nitrogens with one attached hydrogen (secondary N) is 1. The van der Waals surface area contributed by atoms with Crippen LogP contribution in [0.15, 0.2) is 59.1 Å². The summed E-state index contributed by atoms with van der Waals surface area (Å²) < 4.78 is 10.7. The molecule has 2 aromatic carbocycles. The molecule has 1 heterocycles. The second kappa shape index (κ2) is 8.99. The molecule has 28 heavy (non-hydrogen) atoms. The molecule has 0 fully saturated rings. The molecule has 0 bridgehead atoms. The van der Waals surface area contributed by atoms with Crippen molar-refractivity contribution in [1.82, 2.24) is 4.98 Å². The molecule has 1 amide bonds. The van der Waals surface area contributed by atoms with E-state index in [1.54, 1.807) is 37.4 Å². The lowest BCUT2D eigenvalue weighted by atomic mass is 10.1. The molecule has 3 aromatic rings. The highest BCUT2D eigenvalue weighted by Gasteiger charge is 2.11. The average molecular weight is 378 g/mol. The minimum Gasteiger partial charge on any atom is -0.462 e. The summed E-state index contributed by atoms with van der Waals surface area (Å²) in [6.07, 6.45) is 2.27. The van der Waals surface area contributed by atoms with Crippen LogP contribution in [-0.4, -0.2) is 23.5 Å². The van der Waals surface area contributed by atoms with Gasteiger partial charge in [-0.15, -0.1) is 0 Å². The van der Waals surface area contributed by atoms with E-state index in [1.807, 2.05) is 31.2 Å². The van der Waals surface area contributed by atoms with E-state index in [2.05, 4.69) is 10.3 Å². The number of oxazole rings is 1. The quantitative estimate of drug-likeness (QED) is 0.616. The maximum Gasteiger partial charge on any atom is 0.338 e. The number of benzene rings is 2. The van der Waals surface area contributed by atoms with E-state index in [4.69, 9.17) is 9.15 Å². The Balaban J connectivity index is 1.56. The van der Waals surface area contributed by atoms with Crippen LogP contribution in [-0.2, 0) is 16.0 Å². The number of carbonyl (C=O) groups excluding carboxylic acids is 2. The van der Waals surface area contributed by atoms with Gasteiger partial charge >= 0.3 is 5.97 Å². The largest absolute Gasteiger partial charge is 0.462 e. The number of nitrogens with zero attached hydrogens (tertiary/aromatic N) is 1. The van der Waals surface area contributed by atoms with Gasteiger partial charge in [-0.2, -0.15) is 0 Å². The number of anilines is 1. The van der Waals surface area contributed by atoms with Crippen LogP contribution in [0.2, 0.25) is 0 Å². The summed E-state index contributed by atoms with van der Waals surface area (Å²) in [5.41, 5.74) is 3.06. The van der Waals surface area contributed by atoms with Crippen LogP contribution in [0, 0.1) is 6.92 Å². The molecule has 0 aliphatic heterocycles. The normalized spacial score (nSPS) is 10.5. The fourth-order valence-corrected chi connectivity index (χ4v) is 2.66. The second-order valence-electron chi connectivity index (χ2n) is 6.33. The molecule has 0 spiro atoms. The third-order valence-electron chi connectivity index (χ3n) is 4.11. The highest BCUT2D eigenvalue weighted by Crippen LogP contribution is 2.21. The summed E-state index contributed by atoms with van der Waals surface area (Å²) in [4.78, 5) is 28.2. The highest BCUT2D eigenvalue weighted by molar-refractivity contribution is 5.94. The minimum atomic E-state index is -0.415. The van der Waals surface area contributed by atoms with Crippen LogP contribution >= 0.6 is 0 Å². The molecule has 3 rings (SSSR count). The van der Waals surface area contributed by atoms with E-state index < -0.39 is 5.97 Å². The number of aryl methyl sites for hydroxylation is 2. The predicted octanol–water partition coefficient (Wildman–Crippen LogP) is 4.40. The number of carbonyl (C=O) groups is 2. The van der Waals surface area contributed by atoms with Crippen molar-refractivity contribution in [3.63, 3.8) is 0 Å². The van der Waals surface area contributed by atoms with Crippen LogP contribution in [0.4, 0.5) is 5.69 Å². The predicted molar refractivity (Wildman–Crippen MR) is 106 cm³/mol. The minimum absolute atomic E-state index is 0.184. The van der Waals surface area contributed by atoms with Crippen molar-refractivity contribution in [3.8, 4) is 11.3 Å². The van der Waals surface area contributed by atoms with Crippen molar-refractivity contribution in [3.05, 3.63) is 71.7 Å². The van der Waals surface area contributed by atoms with Gasteiger partial charge in [0.15, 0.2) is 11.7 Å². The van der Waals surface area contributed by atoms with E-state index in [1.165, 1.54) is 5.56 Å². The third kappa shape index (κ3) is 5.07. The van der Waals surface area contributed by atoms with E-state index in [-0.39, 0.29) is 12.3 Å². The van der Waals surface area contributed by atoms with Gasteiger partial charge in [0, 0.05) is 24.1 Å². The lowest BCUT2D eigenvalue weighted by Gasteiger charge is -2.07. The van der Waals surface area contributed by atoms with Gasteiger partial charge in [0.25, 0.3) is 0 Å². The summed E-state index contributed by atoms with van der Waals surface area (Å²) >= 11 is 0. The number of aromatic nitrogens is 1. The Morgan fingerprint density at radius 3 is 2.68 bits per heavy atom. The molecule has 0 saturated heterocycles. The van der Waals surface area contributed by atoms with Gasteiger partial charge in [-0.05, 0) is 32.0 Å². The summed E-state index contributed by atoms with van der Waals surface area (Å²) in [5, 5.41) is 2.78. The van der Waals surface area contributed by atoms with Gasteiger partial charge in [-0.3, -0.25) is 4.79 Å². The monoisotopic (exact) mass is 378 g/mol. The molecule has 0 aliphatic carbocycles. The lowest BCUT2D eigenvalue weighted by Crippen LogP contribution is -2.13. The smallest absolute Gasteiger partial charge is 0.338 e. The first-order valence-electron chi connectivity index (χ1n) is 9.14. The lowest BCUT2D eigenvalue weighted by molar-refractivity contribution is -0.116. The zero-order valence-corrected chi connectivity index (χ0v) is 15.9. The number of ether oxygens (including phenoxy) is 1. The van der Waals surface area contributed by atoms with Gasteiger partial charge in [0.05, 0.1) is 18.4 Å². The molecule has 0 atom stereocenters. The van der Waals surface area contributed by atoms with Crippen molar-refractivity contribution in [2.24, 2.45) is 0 Å². The molecule has 144 valence electrons. The molecule has 0 aliphatic rings. The van der Waals surface area contributed by atoms with Crippen molar-refractivity contribution >= 4 is 17.6 Å². The van der Waals surface area contributed by atoms with Crippen LogP contribution in [0.25, 0.3) is 11.3 Å². The molecule has 1 aromatic heterocycles. The van der Waals surface area contributed by atoms with Gasteiger partial charge in [-0.1, -0.05) is 35.9 Å². The zero-order chi connectivity index (χ0) is 19.9. The van der Waals surface area contributed by atoms with Gasteiger partial charge in [0.1, 0.15) is 0 Å². The molecule has 0 saturated carbocycles. The number of hydrogen-bond donors (Lipinski definition) is 1. The van der Waals surface area contributed by atoms with Crippen LogP contribution in [0.5, 0.6) is 0 Å². The van der Waals surface area contributed by atoms with Crippen molar-refractivity contribution in [1.29, 1.82) is 0 Å². The van der Waals surface area contributed by atoms with E-state index in [0.29, 0.717) is 35.9 Å². The second-order valence-corrected chi connectivity index (χ2v) is 6.33. The van der Waals surface area contributed by atoms with Gasteiger partial charge < -0.3 is 14.5 Å². The first-order chi connectivity index (χ1) is 13.5. The summed E-state index contributed by atoms with van der Waals surface area (Å²) in [6.45, 7) is 4.07. The van der Waals surface area contributed by atoms with Gasteiger partial charge in [-0.25, -0.2) is 9.78 Å². The molecule has 0 radical (unpaired) electrons. The van der Waals surface area contributed by atoms with Crippen LogP contribution in [0.1, 0.15) is 35.2 Å². The van der Waals surface area contributed by atoms with Crippen molar-refractivity contribution < 1.29 is 18.7 Å². The molecular formula is C22H22N2O4. The summed E-state index contributed by atoms with van der Waals surface area (Å²) in [5.74, 6) is 0.585. The summed E-state index contributed by atoms with van der Waals surface area (Å²) in [6, 6.07) is 14.6. The number of esters is 1. The Hall–Kier alpha value is -3.41. The standard InChI is InChI=1S/C22H22N2O4/c1-3-27-22(26)17-5-4-6-18(13-17)24-20(25)11-12-21-23-14-19(28-21)16-9-7-15(2)8-10-16/h4-10,13-14H,3,11-12H2,1-2H3,(H,24,25). The Morgan fingerprint density at radius 1 is 1.14 bits per heavy atom. The Labute approximate surface area is 163 Å². The fraction of sp³-hybridized carbons (Fsp3) is 0.227.